The van der Waals surface area contributed by atoms with Crippen LogP contribution in [0.2, 0.25) is 0 Å². The van der Waals surface area contributed by atoms with E-state index >= 15 is 0 Å². The van der Waals surface area contributed by atoms with Gasteiger partial charge in [-0.05, 0) is 30.9 Å². The van der Waals surface area contributed by atoms with Crippen LogP contribution in [0.25, 0.3) is 0 Å². The molecule has 18 heavy (non-hydrogen) atoms. The average molecular weight is 251 g/mol. The zero-order chi connectivity index (χ0) is 13.4. The van der Waals surface area contributed by atoms with Gasteiger partial charge in [0.15, 0.2) is 0 Å². The minimum absolute atomic E-state index is 0.511. The average Bonchev–Trinajstić information content (AvgIpc) is 2.39. The van der Waals surface area contributed by atoms with Crippen molar-refractivity contribution in [1.82, 2.24) is 0 Å². The lowest BCUT2D eigenvalue weighted by Crippen LogP contribution is -2.31. The highest BCUT2D eigenvalue weighted by molar-refractivity contribution is 6.58. The van der Waals surface area contributed by atoms with Crippen LogP contribution in [0.5, 0.6) is 0 Å². The largest absolute Gasteiger partial charge is 0.488 e. The van der Waals surface area contributed by atoms with E-state index in [0.29, 0.717) is 12.1 Å². The molecule has 0 aliphatic carbocycles. The molecule has 100 valence electrons. The van der Waals surface area contributed by atoms with Gasteiger partial charge in [0.1, 0.15) is 0 Å². The van der Waals surface area contributed by atoms with Gasteiger partial charge >= 0.3 is 7.12 Å². The van der Waals surface area contributed by atoms with Crippen molar-refractivity contribution in [2.45, 2.75) is 20.3 Å². The van der Waals surface area contributed by atoms with E-state index in [9.17, 15) is 0 Å². The van der Waals surface area contributed by atoms with Gasteiger partial charge in [-0.1, -0.05) is 19.1 Å². The van der Waals surface area contributed by atoms with Gasteiger partial charge in [-0.2, -0.15) is 0 Å². The fourth-order valence-corrected chi connectivity index (χ4v) is 1.75. The van der Waals surface area contributed by atoms with Gasteiger partial charge in [-0.3, -0.25) is 0 Å². The zero-order valence-corrected chi connectivity index (χ0v) is 11.2. The van der Waals surface area contributed by atoms with Crippen LogP contribution in [-0.4, -0.2) is 43.5 Å². The van der Waals surface area contributed by atoms with Crippen LogP contribution in [0.15, 0.2) is 24.3 Å². The molecule has 0 atom stereocenters. The van der Waals surface area contributed by atoms with Crippen LogP contribution in [0.4, 0.5) is 5.69 Å². The number of nitrogens with zero attached hydrogens (tertiary/aromatic N) is 1. The Bertz CT molecular complexity index is 330. The number of hydrogen-bond donors (Lipinski definition) is 2. The monoisotopic (exact) mass is 251 g/mol. The summed E-state index contributed by atoms with van der Waals surface area (Å²) in [5, 5.41) is 18.1. The number of hydrogen-bond acceptors (Lipinski definition) is 4. The van der Waals surface area contributed by atoms with E-state index in [0.717, 1.165) is 31.8 Å². The molecule has 2 N–H and O–H groups in total. The van der Waals surface area contributed by atoms with Crippen molar-refractivity contribution in [3.8, 4) is 0 Å². The quantitative estimate of drug-likeness (QED) is 0.525. The highest BCUT2D eigenvalue weighted by atomic mass is 16.5. The van der Waals surface area contributed by atoms with E-state index in [1.165, 1.54) is 0 Å². The molecule has 1 rings (SSSR count). The third kappa shape index (κ3) is 4.68. The maximum atomic E-state index is 9.03. The van der Waals surface area contributed by atoms with Crippen molar-refractivity contribution in [3.63, 3.8) is 0 Å². The van der Waals surface area contributed by atoms with Crippen LogP contribution in [0.3, 0.4) is 0 Å². The van der Waals surface area contributed by atoms with Gasteiger partial charge in [0.25, 0.3) is 0 Å². The number of benzene rings is 1. The molecule has 0 radical (unpaired) electrons. The lowest BCUT2D eigenvalue weighted by molar-refractivity contribution is 0.141. The Balaban J connectivity index is 2.53. The molecule has 0 aliphatic heterocycles. The topological polar surface area (TPSA) is 52.9 Å². The van der Waals surface area contributed by atoms with E-state index < -0.39 is 7.12 Å². The van der Waals surface area contributed by atoms with Crippen molar-refractivity contribution < 1.29 is 14.8 Å². The first kappa shape index (κ1) is 15.0. The highest BCUT2D eigenvalue weighted by Gasteiger charge is 2.11. The Morgan fingerprint density at radius 1 is 1.11 bits per heavy atom. The summed E-state index contributed by atoms with van der Waals surface area (Å²) in [6.45, 7) is 7.44. The van der Waals surface area contributed by atoms with Crippen LogP contribution < -0.4 is 10.4 Å². The van der Waals surface area contributed by atoms with Crippen LogP contribution in [0.1, 0.15) is 20.3 Å². The molecule has 0 heterocycles. The maximum absolute atomic E-state index is 9.03. The molecule has 5 heteroatoms. The summed E-state index contributed by atoms with van der Waals surface area (Å²) < 4.78 is 5.48. The van der Waals surface area contributed by atoms with Gasteiger partial charge < -0.3 is 19.7 Å². The first-order valence-electron chi connectivity index (χ1n) is 6.47. The van der Waals surface area contributed by atoms with Crippen molar-refractivity contribution in [3.05, 3.63) is 24.3 Å². The summed E-state index contributed by atoms with van der Waals surface area (Å²) in [6, 6.07) is 7.27. The minimum atomic E-state index is -1.40. The minimum Gasteiger partial charge on any atom is -0.423 e. The lowest BCUT2D eigenvalue weighted by atomic mass is 9.80. The molecule has 0 unspecified atom stereocenters. The van der Waals surface area contributed by atoms with Gasteiger partial charge in [-0.25, -0.2) is 0 Å². The molecule has 1 aromatic carbocycles. The highest BCUT2D eigenvalue weighted by Crippen LogP contribution is 2.11. The standard InChI is InChI=1S/C13H22BNO3/c1-3-10-18-11-9-15(4-2)13-7-5-12(6-8-13)14(16)17/h5-8,16-17H,3-4,9-11H2,1-2H3. The van der Waals surface area contributed by atoms with Crippen molar-refractivity contribution in [2.75, 3.05) is 31.2 Å². The molecule has 0 fully saturated rings. The molecule has 4 nitrogen and oxygen atoms in total. The Kier molecular flexibility index (Phi) is 6.79. The Morgan fingerprint density at radius 3 is 2.28 bits per heavy atom. The molecule has 0 aliphatic rings. The second-order valence-electron chi connectivity index (χ2n) is 4.16. The predicted molar refractivity (Wildman–Crippen MR) is 75.3 cm³/mol. The number of anilines is 1. The van der Waals surface area contributed by atoms with E-state index in [1.807, 2.05) is 12.1 Å². The van der Waals surface area contributed by atoms with Gasteiger partial charge in [0, 0.05) is 25.4 Å². The fraction of sp³-hybridized carbons (Fsp3) is 0.538. The summed E-state index contributed by atoms with van der Waals surface area (Å²) in [5.74, 6) is 0. The van der Waals surface area contributed by atoms with E-state index in [-0.39, 0.29) is 0 Å². The van der Waals surface area contributed by atoms with E-state index in [4.69, 9.17) is 14.8 Å². The lowest BCUT2D eigenvalue weighted by Gasteiger charge is -2.23. The van der Waals surface area contributed by atoms with Crippen LogP contribution in [-0.2, 0) is 4.74 Å². The second-order valence-corrected chi connectivity index (χ2v) is 4.16. The summed E-state index contributed by atoms with van der Waals surface area (Å²) in [7, 11) is -1.40. The number of likely N-dealkylation sites (N-methyl/N-ethyl adjacent to an activating group) is 1. The number of rotatable bonds is 8. The summed E-state index contributed by atoms with van der Waals surface area (Å²) in [6.07, 6.45) is 1.04. The van der Waals surface area contributed by atoms with Gasteiger partial charge in [0.05, 0.1) is 6.61 Å². The predicted octanol–water partition coefficient (Wildman–Crippen LogP) is 0.619. The maximum Gasteiger partial charge on any atom is 0.488 e. The molecular formula is C13H22BNO3. The molecule has 0 aromatic heterocycles. The summed E-state index contributed by atoms with van der Waals surface area (Å²) in [4.78, 5) is 2.20. The molecule has 0 saturated heterocycles. The third-order valence-electron chi connectivity index (χ3n) is 2.79. The van der Waals surface area contributed by atoms with Gasteiger partial charge in [-0.15, -0.1) is 0 Å². The van der Waals surface area contributed by atoms with E-state index in [2.05, 4.69) is 18.7 Å². The molecule has 1 aromatic rings. The molecule has 0 spiro atoms. The van der Waals surface area contributed by atoms with E-state index in [1.54, 1.807) is 12.1 Å². The van der Waals surface area contributed by atoms with Crippen molar-refractivity contribution in [2.24, 2.45) is 0 Å². The normalized spacial score (nSPS) is 10.4. The smallest absolute Gasteiger partial charge is 0.423 e. The first-order valence-corrected chi connectivity index (χ1v) is 6.47. The van der Waals surface area contributed by atoms with Crippen LogP contribution >= 0.6 is 0 Å². The van der Waals surface area contributed by atoms with Crippen LogP contribution in [0, 0.1) is 0 Å². The van der Waals surface area contributed by atoms with Crippen molar-refractivity contribution >= 4 is 18.3 Å². The molecular weight excluding hydrogens is 229 g/mol. The van der Waals surface area contributed by atoms with Gasteiger partial charge in [0.2, 0.25) is 0 Å². The third-order valence-corrected chi connectivity index (χ3v) is 2.79. The molecule has 0 amide bonds. The Hall–Kier alpha value is -1.04. The zero-order valence-electron chi connectivity index (χ0n) is 11.2. The number of ether oxygens (including phenoxy) is 1. The summed E-state index contributed by atoms with van der Waals surface area (Å²) >= 11 is 0. The SMILES string of the molecule is CCCOCCN(CC)c1ccc(B(O)O)cc1. The molecule has 0 saturated carbocycles. The molecule has 0 bridgehead atoms. The van der Waals surface area contributed by atoms with Crippen molar-refractivity contribution in [1.29, 1.82) is 0 Å². The first-order chi connectivity index (χ1) is 8.69. The second kappa shape index (κ2) is 8.13. The Labute approximate surface area is 109 Å². The fourth-order valence-electron chi connectivity index (χ4n) is 1.75. The Morgan fingerprint density at radius 2 is 1.78 bits per heavy atom. The summed E-state index contributed by atoms with van der Waals surface area (Å²) in [5.41, 5.74) is 1.58.